The van der Waals surface area contributed by atoms with Gasteiger partial charge in [-0.15, -0.1) is 0 Å². The summed E-state index contributed by atoms with van der Waals surface area (Å²) in [6.45, 7) is 9.35. The third kappa shape index (κ3) is 11.2. The molecule has 5 amide bonds. The van der Waals surface area contributed by atoms with Gasteiger partial charge in [0.05, 0.1) is 48.8 Å². The molecule has 8 rings (SSSR count). The van der Waals surface area contributed by atoms with Crippen molar-refractivity contribution in [3.05, 3.63) is 131 Å². The monoisotopic (exact) mass is 993 g/mol. The first-order chi connectivity index (χ1) is 35.2. The van der Waals surface area contributed by atoms with Crippen molar-refractivity contribution in [2.45, 2.75) is 96.7 Å². The highest BCUT2D eigenvalue weighted by Crippen LogP contribution is 2.43. The van der Waals surface area contributed by atoms with Gasteiger partial charge >= 0.3 is 5.97 Å². The maximum absolute atomic E-state index is 14.1. The summed E-state index contributed by atoms with van der Waals surface area (Å²) >= 11 is 0. The zero-order valence-corrected chi connectivity index (χ0v) is 41.4. The minimum Gasteiger partial charge on any atom is -0.493 e. The van der Waals surface area contributed by atoms with E-state index >= 15 is 0 Å². The second kappa shape index (κ2) is 22.3. The third-order valence-electron chi connectivity index (χ3n) is 13.1. The van der Waals surface area contributed by atoms with Gasteiger partial charge in [0.2, 0.25) is 17.7 Å². The van der Waals surface area contributed by atoms with Crippen LogP contribution in [0.2, 0.25) is 0 Å². The topological polar surface area (TPSA) is 227 Å². The fourth-order valence-electron chi connectivity index (χ4n) is 9.44. The van der Waals surface area contributed by atoms with Gasteiger partial charge in [-0.1, -0.05) is 36.9 Å². The van der Waals surface area contributed by atoms with Gasteiger partial charge in [0.15, 0.2) is 23.0 Å². The van der Waals surface area contributed by atoms with E-state index in [1.54, 1.807) is 53.6 Å². The molecule has 0 fully saturated rings. The van der Waals surface area contributed by atoms with Gasteiger partial charge in [0.25, 0.3) is 11.8 Å². The highest BCUT2D eigenvalue weighted by molar-refractivity contribution is 6.12. The molecule has 380 valence electrons. The Morgan fingerprint density at radius 2 is 1.48 bits per heavy atom. The molecular formula is C55H59N7O11. The number of hydrogen-bond donors (Lipinski definition) is 5. The van der Waals surface area contributed by atoms with E-state index in [4.69, 9.17) is 29.0 Å². The number of aliphatic carboxylic acids is 1. The van der Waals surface area contributed by atoms with Crippen molar-refractivity contribution in [3.63, 3.8) is 0 Å². The van der Waals surface area contributed by atoms with E-state index in [1.165, 1.54) is 28.1 Å². The first-order valence-electron chi connectivity index (χ1n) is 24.2. The van der Waals surface area contributed by atoms with Crippen molar-refractivity contribution in [1.29, 1.82) is 0 Å². The minimum atomic E-state index is -1.04. The SMILES string of the molecule is C=CC1=C(/C=C\C)C[C@H]2C=Nc3cc(OCc4cc(COc5cc6c(cc5OC)C(=O)N5c7ccccc7C[C@H]5CN6)cc(NC(=O)[C@H](C)NC(=O)[C@H](C)NC(=O)CCCCC(=O)O)c4)c(OC)cc3C(=O)N12. The second-order valence-electron chi connectivity index (χ2n) is 18.2. The number of allylic oxidation sites excluding steroid dienone is 3. The van der Waals surface area contributed by atoms with E-state index < -0.39 is 35.8 Å². The van der Waals surface area contributed by atoms with Crippen molar-refractivity contribution >= 4 is 64.5 Å². The molecule has 0 bridgehead atoms. The number of carboxylic acid groups (broad SMARTS) is 1. The Morgan fingerprint density at radius 1 is 0.822 bits per heavy atom. The van der Waals surface area contributed by atoms with Crippen LogP contribution in [0.4, 0.5) is 22.7 Å². The minimum absolute atomic E-state index is 0.0185. The van der Waals surface area contributed by atoms with Crippen LogP contribution >= 0.6 is 0 Å². The predicted molar refractivity (Wildman–Crippen MR) is 275 cm³/mol. The lowest BCUT2D eigenvalue weighted by molar-refractivity contribution is -0.137. The second-order valence-corrected chi connectivity index (χ2v) is 18.2. The summed E-state index contributed by atoms with van der Waals surface area (Å²) in [4.78, 5) is 86.5. The van der Waals surface area contributed by atoms with Crippen LogP contribution < -0.4 is 45.1 Å². The lowest BCUT2D eigenvalue weighted by Gasteiger charge is -2.23. The lowest BCUT2D eigenvalue weighted by Crippen LogP contribution is -2.50. The number of nitrogens with zero attached hydrogens (tertiary/aromatic N) is 3. The van der Waals surface area contributed by atoms with Crippen LogP contribution in [0.5, 0.6) is 23.0 Å². The van der Waals surface area contributed by atoms with E-state index in [9.17, 15) is 28.8 Å². The summed E-state index contributed by atoms with van der Waals surface area (Å²) in [7, 11) is 2.98. The Kier molecular flexibility index (Phi) is 15.6. The van der Waals surface area contributed by atoms with Gasteiger partial charge in [0.1, 0.15) is 25.3 Å². The number of carboxylic acids is 1. The van der Waals surface area contributed by atoms with E-state index in [0.29, 0.717) is 88.1 Å². The lowest BCUT2D eigenvalue weighted by atomic mass is 10.1. The first kappa shape index (κ1) is 51.0. The third-order valence-corrected chi connectivity index (χ3v) is 13.1. The van der Waals surface area contributed by atoms with Gasteiger partial charge < -0.3 is 50.2 Å². The van der Waals surface area contributed by atoms with Crippen LogP contribution in [-0.4, -0.2) is 96.7 Å². The van der Waals surface area contributed by atoms with E-state index in [2.05, 4.69) is 27.8 Å². The number of ether oxygens (including phenoxy) is 4. The van der Waals surface area contributed by atoms with Crippen LogP contribution in [-0.2, 0) is 38.8 Å². The summed E-state index contributed by atoms with van der Waals surface area (Å²) in [5.74, 6) is -1.59. The summed E-state index contributed by atoms with van der Waals surface area (Å²) in [5.41, 5.74) is 7.04. The molecule has 0 saturated carbocycles. The average Bonchev–Trinajstić information content (AvgIpc) is 3.85. The number of rotatable bonds is 20. The van der Waals surface area contributed by atoms with Crippen molar-refractivity contribution < 1.29 is 52.8 Å². The van der Waals surface area contributed by atoms with Crippen LogP contribution in [0.15, 0.2) is 108 Å². The molecule has 18 heteroatoms. The van der Waals surface area contributed by atoms with Gasteiger partial charge in [-0.2, -0.15) is 0 Å². The number of amides is 5. The van der Waals surface area contributed by atoms with Gasteiger partial charge in [-0.05, 0) is 105 Å². The highest BCUT2D eigenvalue weighted by Gasteiger charge is 2.39. The standard InChI is InChI=1S/C55H59N7O11/c1-7-13-35-21-38-27-56-42-25-48(46(70-5)23-40(42)54(68)61(38)44(35)8-2)72-29-33-18-34(20-37(19-33)60-53(67)32(4)59-52(66)31(3)58-50(63)16-11-12-17-51(64)65)30-73-49-26-43-41(24-47(49)71-6)55(69)62-39(28-57-43)22-36-14-9-10-15-45(36)62/h7-10,13-15,18-20,23-27,31-32,38-39,57H,2,11-12,16-17,21-22,28-30H2,1,3-6H3,(H,58,63)(H,59,66)(H,60,67)(H,64,65)/b13-7-/t31-,32-,38-,39-/m0/s1. The molecule has 4 atom stereocenters. The average molecular weight is 994 g/mol. The number of carbonyl (C=O) groups is 6. The largest absolute Gasteiger partial charge is 0.493 e. The number of hydrogen-bond acceptors (Lipinski definition) is 12. The number of fused-ring (bicyclic) bond motifs is 6. The summed E-state index contributed by atoms with van der Waals surface area (Å²) in [6.07, 6.45) is 9.30. The van der Waals surface area contributed by atoms with E-state index in [0.717, 1.165) is 28.9 Å². The number of para-hydroxylation sites is 1. The Labute approximate surface area is 423 Å². The first-order valence-corrected chi connectivity index (χ1v) is 24.2. The number of aliphatic imine (C=N–C) groups is 1. The maximum Gasteiger partial charge on any atom is 0.303 e. The fraction of sp³-hybridized carbons (Fsp3) is 0.327. The van der Waals surface area contributed by atoms with Crippen molar-refractivity contribution in [2.24, 2.45) is 4.99 Å². The number of nitrogens with one attached hydrogen (secondary N) is 4. The van der Waals surface area contributed by atoms with E-state index in [-0.39, 0.29) is 50.0 Å². The molecule has 73 heavy (non-hydrogen) atoms. The number of methoxy groups -OCH3 is 2. The molecule has 4 aliphatic rings. The molecule has 5 N–H and O–H groups in total. The molecule has 0 spiro atoms. The molecule has 0 radical (unpaired) electrons. The smallest absolute Gasteiger partial charge is 0.303 e. The predicted octanol–water partition coefficient (Wildman–Crippen LogP) is 7.40. The number of carbonyl (C=O) groups excluding carboxylic acids is 5. The Morgan fingerprint density at radius 3 is 2.16 bits per heavy atom. The zero-order valence-electron chi connectivity index (χ0n) is 41.4. The Hall–Kier alpha value is -8.41. The van der Waals surface area contributed by atoms with Crippen LogP contribution in [0.3, 0.4) is 0 Å². The van der Waals surface area contributed by atoms with Gasteiger partial charge in [-0.3, -0.25) is 38.7 Å². The van der Waals surface area contributed by atoms with Crippen molar-refractivity contribution in [2.75, 3.05) is 36.3 Å². The zero-order chi connectivity index (χ0) is 51.9. The molecule has 4 aromatic rings. The molecule has 0 saturated heterocycles. The fourth-order valence-corrected chi connectivity index (χ4v) is 9.44. The molecule has 4 aromatic carbocycles. The van der Waals surface area contributed by atoms with E-state index in [1.807, 2.05) is 54.3 Å². The van der Waals surface area contributed by atoms with Gasteiger partial charge in [-0.25, -0.2) is 0 Å². The van der Waals surface area contributed by atoms with Crippen molar-refractivity contribution in [3.8, 4) is 23.0 Å². The molecule has 4 aliphatic heterocycles. The molecule has 0 aliphatic carbocycles. The molecule has 4 heterocycles. The quantitative estimate of drug-likeness (QED) is 0.0546. The van der Waals surface area contributed by atoms with Gasteiger partial charge in [0, 0.05) is 61.2 Å². The molecule has 18 nitrogen and oxygen atoms in total. The summed E-state index contributed by atoms with van der Waals surface area (Å²) in [5, 5.41) is 20.4. The number of benzene rings is 4. The molecule has 0 unspecified atom stereocenters. The molecule has 0 aromatic heterocycles. The summed E-state index contributed by atoms with van der Waals surface area (Å²) in [6, 6.07) is 17.5. The normalized spacial score (nSPS) is 17.2. The van der Waals surface area contributed by atoms with Crippen LogP contribution in [0.1, 0.15) is 90.3 Å². The number of anilines is 3. The highest BCUT2D eigenvalue weighted by atomic mass is 16.5. The Balaban J connectivity index is 1.02. The summed E-state index contributed by atoms with van der Waals surface area (Å²) < 4.78 is 24.4. The molecular weight excluding hydrogens is 935 g/mol. The van der Waals surface area contributed by atoms with Crippen LogP contribution in [0, 0.1) is 0 Å². The number of unbranched alkanes of at least 4 members (excludes halogenated alkanes) is 1. The van der Waals surface area contributed by atoms with Crippen molar-refractivity contribution in [1.82, 2.24) is 15.5 Å². The maximum atomic E-state index is 14.1. The Bertz CT molecular complexity index is 2960. The van der Waals surface area contributed by atoms with Crippen LogP contribution in [0.25, 0.3) is 0 Å².